The van der Waals surface area contributed by atoms with E-state index in [1.54, 1.807) is 25.3 Å². The first-order chi connectivity index (χ1) is 18.0. The Hall–Kier alpha value is -3.95. The summed E-state index contributed by atoms with van der Waals surface area (Å²) in [5.74, 6) is -1.99. The molecule has 200 valence electrons. The number of aromatic nitrogens is 2. The van der Waals surface area contributed by atoms with Crippen molar-refractivity contribution < 1.29 is 23.8 Å². The number of amides is 1. The molecule has 0 bridgehead atoms. The number of ether oxygens (including phenoxy) is 1. The second-order valence-electron chi connectivity index (χ2n) is 11.0. The lowest BCUT2D eigenvalue weighted by Crippen LogP contribution is -2.37. The molecule has 38 heavy (non-hydrogen) atoms. The van der Waals surface area contributed by atoms with Crippen molar-refractivity contribution in [1.82, 2.24) is 14.9 Å². The number of hydrogen-bond donors (Lipinski definition) is 2. The van der Waals surface area contributed by atoms with Gasteiger partial charge in [0.05, 0.1) is 5.39 Å². The number of alkyl carbamates (subject to hydrolysis) is 1. The number of aromatic carboxylic acids is 1. The molecule has 0 unspecified atom stereocenters. The fourth-order valence-corrected chi connectivity index (χ4v) is 5.10. The zero-order chi connectivity index (χ0) is 27.2. The number of rotatable bonds is 6. The predicted molar refractivity (Wildman–Crippen MR) is 140 cm³/mol. The van der Waals surface area contributed by atoms with Crippen molar-refractivity contribution in [1.29, 1.82) is 0 Å². The average molecular weight is 523 g/mol. The van der Waals surface area contributed by atoms with E-state index in [-0.39, 0.29) is 34.7 Å². The van der Waals surface area contributed by atoms with Crippen LogP contribution in [0.25, 0.3) is 11.0 Å². The molecule has 0 spiro atoms. The highest BCUT2D eigenvalue weighted by atomic mass is 19.1. The molecule has 2 N–H and O–H groups in total. The lowest BCUT2D eigenvalue weighted by Gasteiger charge is -2.22. The van der Waals surface area contributed by atoms with Crippen molar-refractivity contribution in [3.8, 4) is 0 Å². The smallest absolute Gasteiger partial charge is 0.407 e. The molecule has 1 aromatic carbocycles. The van der Waals surface area contributed by atoms with Crippen molar-refractivity contribution in [2.45, 2.75) is 51.2 Å². The molecular formula is C28H31FN4O5. The highest BCUT2D eigenvalue weighted by Crippen LogP contribution is 2.39. The summed E-state index contributed by atoms with van der Waals surface area (Å²) < 4.78 is 22.6. The molecule has 0 radical (unpaired) electrons. The zero-order valence-electron chi connectivity index (χ0n) is 21.6. The van der Waals surface area contributed by atoms with E-state index in [4.69, 9.17) is 4.74 Å². The summed E-state index contributed by atoms with van der Waals surface area (Å²) in [5, 5.41) is 12.3. The number of carbonyl (C=O) groups is 2. The summed E-state index contributed by atoms with van der Waals surface area (Å²) in [6, 6.07) is 11.0. The molecule has 1 saturated carbocycles. The molecule has 2 aliphatic rings. The van der Waals surface area contributed by atoms with Gasteiger partial charge in [0, 0.05) is 43.7 Å². The first-order valence-electron chi connectivity index (χ1n) is 12.8. The highest BCUT2D eigenvalue weighted by Gasteiger charge is 2.37. The van der Waals surface area contributed by atoms with Crippen LogP contribution in [0.5, 0.6) is 0 Å². The van der Waals surface area contributed by atoms with Gasteiger partial charge < -0.3 is 24.6 Å². The van der Waals surface area contributed by atoms with Crippen molar-refractivity contribution in [2.75, 3.05) is 24.5 Å². The summed E-state index contributed by atoms with van der Waals surface area (Å²) in [5.41, 5.74) is -0.415. The molecule has 1 aliphatic heterocycles. The van der Waals surface area contributed by atoms with Gasteiger partial charge in [-0.05, 0) is 45.2 Å². The minimum Gasteiger partial charge on any atom is -0.477 e. The van der Waals surface area contributed by atoms with Crippen molar-refractivity contribution in [3.63, 3.8) is 0 Å². The maximum Gasteiger partial charge on any atom is 0.407 e. The summed E-state index contributed by atoms with van der Waals surface area (Å²) in [7, 11) is 0. The molecule has 1 saturated heterocycles. The third-order valence-corrected chi connectivity index (χ3v) is 6.99. The Morgan fingerprint density at radius 1 is 1.18 bits per heavy atom. The third-order valence-electron chi connectivity index (χ3n) is 6.99. The number of hydrogen-bond acceptors (Lipinski definition) is 6. The van der Waals surface area contributed by atoms with Crippen LogP contribution < -0.4 is 15.6 Å². The van der Waals surface area contributed by atoms with Crippen LogP contribution in [0.1, 0.15) is 61.5 Å². The molecule has 10 heteroatoms. The van der Waals surface area contributed by atoms with E-state index < -0.39 is 34.5 Å². The van der Waals surface area contributed by atoms with Crippen LogP contribution in [0.4, 0.5) is 15.0 Å². The van der Waals surface area contributed by atoms with Gasteiger partial charge in [-0.25, -0.2) is 19.0 Å². The number of nitrogens with one attached hydrogen (secondary N) is 1. The summed E-state index contributed by atoms with van der Waals surface area (Å²) in [4.78, 5) is 43.2. The standard InChI is InChI=1S/C28H31FN4O5/c1-28(2,3)38-27(37)30-12-17-13-32(14-20(17)16-7-5-4-6-8-16)25-22(29)11-19-23(34)21(26(35)36)15-33(18-9-10-18)24(19)31-25/h4-8,11,15,17-18,20H,9-10,12-14H2,1-3H3,(H,30,37)(H,35,36)/t17-,20+/m1/s1. The minimum atomic E-state index is -1.35. The first kappa shape index (κ1) is 25.7. The molecular weight excluding hydrogens is 491 g/mol. The minimum absolute atomic E-state index is 0.0111. The van der Waals surface area contributed by atoms with E-state index >= 15 is 4.39 Å². The number of carbonyl (C=O) groups excluding carboxylic acids is 1. The molecule has 2 aromatic heterocycles. The van der Waals surface area contributed by atoms with Crippen LogP contribution in [0.3, 0.4) is 0 Å². The summed E-state index contributed by atoms with van der Waals surface area (Å²) in [6.07, 6.45) is 2.48. The maximum atomic E-state index is 15.5. The fraction of sp³-hybridized carbons (Fsp3) is 0.429. The number of halogens is 1. The van der Waals surface area contributed by atoms with Gasteiger partial charge in [-0.1, -0.05) is 30.3 Å². The third kappa shape index (κ3) is 5.20. The lowest BCUT2D eigenvalue weighted by molar-refractivity contribution is 0.0519. The van der Waals surface area contributed by atoms with E-state index in [0.717, 1.165) is 24.5 Å². The number of carboxylic acid groups (broad SMARTS) is 1. The van der Waals surface area contributed by atoms with Crippen molar-refractivity contribution in [2.24, 2.45) is 5.92 Å². The predicted octanol–water partition coefficient (Wildman–Crippen LogP) is 4.31. The maximum absolute atomic E-state index is 15.5. The Bertz CT molecular complexity index is 1450. The first-order valence-corrected chi connectivity index (χ1v) is 12.8. The molecule has 2 fully saturated rings. The monoisotopic (exact) mass is 522 g/mol. The zero-order valence-corrected chi connectivity index (χ0v) is 21.6. The SMILES string of the molecule is CC(C)(C)OC(=O)NC[C@@H]1CN(c2nc3c(cc2F)c(=O)c(C(=O)O)cn3C2CC2)C[C@H]1c1ccccc1. The Balaban J connectivity index is 1.49. The van der Waals surface area contributed by atoms with E-state index in [0.29, 0.717) is 19.6 Å². The average Bonchev–Trinajstić information content (AvgIpc) is 3.61. The topological polar surface area (TPSA) is 114 Å². The van der Waals surface area contributed by atoms with Gasteiger partial charge in [-0.3, -0.25) is 4.79 Å². The largest absolute Gasteiger partial charge is 0.477 e. The van der Waals surface area contributed by atoms with Gasteiger partial charge in [-0.2, -0.15) is 0 Å². The second-order valence-corrected chi connectivity index (χ2v) is 11.0. The Labute approximate surface area is 219 Å². The molecule has 3 heterocycles. The number of anilines is 1. The summed E-state index contributed by atoms with van der Waals surface area (Å²) in [6.45, 7) is 6.60. The van der Waals surface area contributed by atoms with Crippen molar-refractivity contribution >= 4 is 28.9 Å². The van der Waals surface area contributed by atoms with Gasteiger partial charge in [0.1, 0.15) is 16.8 Å². The van der Waals surface area contributed by atoms with Crippen LogP contribution in [0, 0.1) is 11.7 Å². The van der Waals surface area contributed by atoms with Gasteiger partial charge in [0.25, 0.3) is 0 Å². The Kier molecular flexibility index (Phi) is 6.58. The van der Waals surface area contributed by atoms with Gasteiger partial charge in [0.15, 0.2) is 11.6 Å². The molecule has 5 rings (SSSR count). The van der Waals surface area contributed by atoms with Crippen LogP contribution in [-0.2, 0) is 4.74 Å². The molecule has 9 nitrogen and oxygen atoms in total. The van der Waals surface area contributed by atoms with Gasteiger partial charge in [-0.15, -0.1) is 0 Å². The number of benzene rings is 1. The molecule has 3 aromatic rings. The van der Waals surface area contributed by atoms with Crippen LogP contribution in [-0.4, -0.2) is 52.0 Å². The van der Waals surface area contributed by atoms with Crippen LogP contribution in [0.2, 0.25) is 0 Å². The van der Waals surface area contributed by atoms with E-state index in [1.807, 2.05) is 35.2 Å². The van der Waals surface area contributed by atoms with Gasteiger partial charge >= 0.3 is 12.1 Å². The summed E-state index contributed by atoms with van der Waals surface area (Å²) >= 11 is 0. The number of fused-ring (bicyclic) bond motifs is 1. The number of nitrogens with zero attached hydrogens (tertiary/aromatic N) is 3. The van der Waals surface area contributed by atoms with Crippen LogP contribution >= 0.6 is 0 Å². The van der Waals surface area contributed by atoms with Crippen molar-refractivity contribution in [3.05, 3.63) is 69.8 Å². The molecule has 2 atom stereocenters. The normalized spacial score (nSPS) is 19.5. The van der Waals surface area contributed by atoms with E-state index in [9.17, 15) is 19.5 Å². The lowest BCUT2D eigenvalue weighted by atomic mass is 9.89. The van der Waals surface area contributed by atoms with E-state index in [1.165, 1.54) is 6.20 Å². The quantitative estimate of drug-likeness (QED) is 0.496. The Morgan fingerprint density at radius 3 is 2.53 bits per heavy atom. The van der Waals surface area contributed by atoms with Gasteiger partial charge in [0.2, 0.25) is 5.43 Å². The molecule has 1 amide bonds. The second kappa shape index (κ2) is 9.74. The number of pyridine rings is 2. The fourth-order valence-electron chi connectivity index (χ4n) is 5.10. The Morgan fingerprint density at radius 2 is 1.89 bits per heavy atom. The highest BCUT2D eigenvalue weighted by molar-refractivity contribution is 5.92. The molecule has 1 aliphatic carbocycles. The van der Waals surface area contributed by atoms with E-state index in [2.05, 4.69) is 10.3 Å². The van der Waals surface area contributed by atoms with Crippen LogP contribution in [0.15, 0.2) is 47.4 Å². The number of carboxylic acids is 1.